The number of amides is 1. The van der Waals surface area contributed by atoms with E-state index in [2.05, 4.69) is 35.0 Å². The van der Waals surface area contributed by atoms with Crippen LogP contribution in [0, 0.1) is 11.3 Å². The third kappa shape index (κ3) is 4.22. The van der Waals surface area contributed by atoms with Gasteiger partial charge in [0.2, 0.25) is 5.91 Å². The molecule has 0 N–H and O–H groups in total. The maximum Gasteiger partial charge on any atom is 0.225 e. The van der Waals surface area contributed by atoms with Gasteiger partial charge in [-0.25, -0.2) is 4.98 Å². The molecule has 7 heteroatoms. The molecule has 34 heavy (non-hydrogen) atoms. The van der Waals surface area contributed by atoms with Crippen molar-refractivity contribution < 1.29 is 9.53 Å². The fraction of sp³-hybridized carbons (Fsp3) is 0.407. The number of aromatic nitrogens is 2. The molecule has 1 saturated carbocycles. The lowest BCUT2D eigenvalue weighted by atomic mass is 9.96. The van der Waals surface area contributed by atoms with Gasteiger partial charge in [-0.2, -0.15) is 5.26 Å². The number of nitrogens with zero attached hydrogens (tertiary/aromatic N) is 5. The van der Waals surface area contributed by atoms with E-state index in [1.54, 1.807) is 7.11 Å². The summed E-state index contributed by atoms with van der Waals surface area (Å²) in [7, 11) is 1.61. The van der Waals surface area contributed by atoms with Crippen LogP contribution in [-0.2, 0) is 9.53 Å². The summed E-state index contributed by atoms with van der Waals surface area (Å²) in [5, 5.41) is 12.3. The molecule has 0 bridgehead atoms. The molecule has 3 heterocycles. The van der Waals surface area contributed by atoms with Crippen molar-refractivity contribution in [3.05, 3.63) is 54.0 Å². The van der Waals surface area contributed by atoms with Gasteiger partial charge in [0.25, 0.3) is 0 Å². The van der Waals surface area contributed by atoms with Crippen molar-refractivity contribution in [2.24, 2.45) is 0 Å². The maximum absolute atomic E-state index is 12.5. The molecule has 3 aromatic rings. The molecule has 0 spiro atoms. The SMILES string of the molecule is COCCC(=O)N1CCN(c2nc(C3CC3)c(-c3cncc4ccccc34)cc2C#N)C[C@H]1C. The van der Waals surface area contributed by atoms with Crippen LogP contribution in [0.15, 0.2) is 42.7 Å². The number of rotatable bonds is 6. The lowest BCUT2D eigenvalue weighted by Crippen LogP contribution is -2.54. The number of methoxy groups -OCH3 is 1. The first-order chi connectivity index (χ1) is 16.6. The largest absolute Gasteiger partial charge is 0.384 e. The van der Waals surface area contributed by atoms with Gasteiger partial charge >= 0.3 is 0 Å². The van der Waals surface area contributed by atoms with Crippen LogP contribution in [-0.4, -0.2) is 60.2 Å². The number of ether oxygens (including phenoxy) is 1. The van der Waals surface area contributed by atoms with Crippen molar-refractivity contribution in [2.75, 3.05) is 38.3 Å². The number of pyridine rings is 2. The molecular weight excluding hydrogens is 426 g/mol. The Hall–Kier alpha value is -3.50. The van der Waals surface area contributed by atoms with Gasteiger partial charge in [-0.1, -0.05) is 24.3 Å². The van der Waals surface area contributed by atoms with Crippen molar-refractivity contribution in [1.82, 2.24) is 14.9 Å². The van der Waals surface area contributed by atoms with Crippen molar-refractivity contribution >= 4 is 22.5 Å². The summed E-state index contributed by atoms with van der Waals surface area (Å²) in [6.45, 7) is 4.41. The van der Waals surface area contributed by atoms with Gasteiger partial charge in [0.1, 0.15) is 11.9 Å². The van der Waals surface area contributed by atoms with E-state index in [0.717, 1.165) is 46.3 Å². The molecule has 174 valence electrons. The summed E-state index contributed by atoms with van der Waals surface area (Å²) in [5.41, 5.74) is 3.66. The highest BCUT2D eigenvalue weighted by Gasteiger charge is 2.33. The fourth-order valence-corrected chi connectivity index (χ4v) is 4.91. The third-order valence-corrected chi connectivity index (χ3v) is 6.84. The van der Waals surface area contributed by atoms with Crippen LogP contribution in [0.4, 0.5) is 5.82 Å². The normalized spacial score (nSPS) is 18.2. The molecule has 5 rings (SSSR count). The Morgan fingerprint density at radius 2 is 2.03 bits per heavy atom. The second kappa shape index (κ2) is 9.40. The number of piperazine rings is 1. The van der Waals surface area contributed by atoms with Crippen LogP contribution in [0.25, 0.3) is 21.9 Å². The smallest absolute Gasteiger partial charge is 0.225 e. The minimum atomic E-state index is 0.0396. The van der Waals surface area contributed by atoms with E-state index < -0.39 is 0 Å². The molecule has 2 aliphatic rings. The van der Waals surface area contributed by atoms with Crippen LogP contribution in [0.3, 0.4) is 0 Å². The van der Waals surface area contributed by atoms with Gasteiger partial charge < -0.3 is 14.5 Å². The molecule has 1 aliphatic carbocycles. The van der Waals surface area contributed by atoms with Crippen LogP contribution in [0.2, 0.25) is 0 Å². The molecule has 1 amide bonds. The molecule has 2 fully saturated rings. The highest BCUT2D eigenvalue weighted by molar-refractivity contribution is 5.96. The molecule has 0 unspecified atom stereocenters. The van der Waals surface area contributed by atoms with Crippen molar-refractivity contribution in [3.8, 4) is 17.2 Å². The molecule has 1 saturated heterocycles. The van der Waals surface area contributed by atoms with E-state index in [9.17, 15) is 10.1 Å². The molecular formula is C27H29N5O2. The number of anilines is 1. The lowest BCUT2D eigenvalue weighted by Gasteiger charge is -2.41. The van der Waals surface area contributed by atoms with Crippen molar-refractivity contribution in [1.29, 1.82) is 5.26 Å². The predicted molar refractivity (Wildman–Crippen MR) is 132 cm³/mol. The second-order valence-corrected chi connectivity index (χ2v) is 9.21. The zero-order chi connectivity index (χ0) is 23.7. The number of carbonyl (C=O) groups excluding carboxylic acids is 1. The number of hydrogen-bond donors (Lipinski definition) is 0. The van der Waals surface area contributed by atoms with Gasteiger partial charge in [-0.05, 0) is 31.2 Å². The first kappa shape index (κ1) is 22.3. The molecule has 1 atom stereocenters. The van der Waals surface area contributed by atoms with Crippen LogP contribution in [0.1, 0.15) is 43.4 Å². The summed E-state index contributed by atoms with van der Waals surface area (Å²) < 4.78 is 5.07. The van der Waals surface area contributed by atoms with E-state index in [1.165, 1.54) is 0 Å². The van der Waals surface area contributed by atoms with Gasteiger partial charge in [-0.3, -0.25) is 9.78 Å². The van der Waals surface area contributed by atoms with Crippen molar-refractivity contribution in [2.45, 2.75) is 38.1 Å². The lowest BCUT2D eigenvalue weighted by molar-refractivity contribution is -0.134. The number of fused-ring (bicyclic) bond motifs is 1. The number of carbonyl (C=O) groups is 1. The monoisotopic (exact) mass is 455 g/mol. The highest BCUT2D eigenvalue weighted by atomic mass is 16.5. The first-order valence-electron chi connectivity index (χ1n) is 11.9. The summed E-state index contributed by atoms with van der Waals surface area (Å²) in [6.07, 6.45) is 6.38. The zero-order valence-corrected chi connectivity index (χ0v) is 19.7. The Morgan fingerprint density at radius 3 is 2.76 bits per heavy atom. The highest BCUT2D eigenvalue weighted by Crippen LogP contribution is 2.46. The number of benzene rings is 1. The summed E-state index contributed by atoms with van der Waals surface area (Å²) in [5.74, 6) is 1.26. The summed E-state index contributed by atoms with van der Waals surface area (Å²) >= 11 is 0. The summed E-state index contributed by atoms with van der Waals surface area (Å²) in [6, 6.07) is 12.6. The standard InChI is InChI=1S/C27H29N5O2/c1-18-17-31(10-11-32(18)25(33)9-12-34-2)27-21(14-28)13-23(26(30-27)19-7-8-19)24-16-29-15-20-5-3-4-6-22(20)24/h3-6,13,15-16,18-19H,7-12,17H2,1-2H3/t18-/m1/s1. The van der Waals surface area contributed by atoms with Crippen molar-refractivity contribution in [3.63, 3.8) is 0 Å². The third-order valence-electron chi connectivity index (χ3n) is 6.84. The fourth-order valence-electron chi connectivity index (χ4n) is 4.91. The second-order valence-electron chi connectivity index (χ2n) is 9.21. The van der Waals surface area contributed by atoms with Crippen LogP contribution < -0.4 is 4.90 Å². The Labute approximate surface area is 200 Å². The Balaban J connectivity index is 1.50. The van der Waals surface area contributed by atoms with E-state index in [0.29, 0.717) is 44.1 Å². The Bertz CT molecular complexity index is 1260. The van der Waals surface area contributed by atoms with E-state index in [1.807, 2.05) is 35.5 Å². The number of nitriles is 1. The molecule has 0 radical (unpaired) electrons. The summed E-state index contributed by atoms with van der Waals surface area (Å²) in [4.78, 5) is 26.2. The molecule has 2 aromatic heterocycles. The van der Waals surface area contributed by atoms with Crippen LogP contribution in [0.5, 0.6) is 0 Å². The topological polar surface area (TPSA) is 82.3 Å². The minimum Gasteiger partial charge on any atom is -0.384 e. The van der Waals surface area contributed by atoms with Crippen LogP contribution >= 0.6 is 0 Å². The average molecular weight is 456 g/mol. The van der Waals surface area contributed by atoms with E-state index in [-0.39, 0.29) is 11.9 Å². The Morgan fingerprint density at radius 1 is 1.21 bits per heavy atom. The predicted octanol–water partition coefficient (Wildman–Crippen LogP) is 4.12. The molecule has 1 aromatic carbocycles. The number of hydrogen-bond acceptors (Lipinski definition) is 6. The van der Waals surface area contributed by atoms with E-state index >= 15 is 0 Å². The van der Waals surface area contributed by atoms with Gasteiger partial charge in [0.15, 0.2) is 0 Å². The van der Waals surface area contributed by atoms with Gasteiger partial charge in [0.05, 0.1) is 24.3 Å². The van der Waals surface area contributed by atoms with E-state index in [4.69, 9.17) is 9.72 Å². The minimum absolute atomic E-state index is 0.0396. The maximum atomic E-state index is 12.5. The molecule has 1 aliphatic heterocycles. The quantitative estimate of drug-likeness (QED) is 0.556. The Kier molecular flexibility index (Phi) is 6.16. The first-order valence-corrected chi connectivity index (χ1v) is 11.9. The average Bonchev–Trinajstić information content (AvgIpc) is 3.71. The van der Waals surface area contributed by atoms with Gasteiger partial charge in [-0.15, -0.1) is 0 Å². The molecule has 7 nitrogen and oxygen atoms in total. The van der Waals surface area contributed by atoms with Gasteiger partial charge in [0, 0.05) is 67.6 Å². The zero-order valence-electron chi connectivity index (χ0n) is 19.7.